The molecule has 1 fully saturated rings. The van der Waals surface area contributed by atoms with Crippen molar-refractivity contribution in [3.8, 4) is 0 Å². The van der Waals surface area contributed by atoms with E-state index in [2.05, 4.69) is 76.5 Å². The minimum Gasteiger partial charge on any atom is -0.356 e. The molecule has 5 nitrogen and oxygen atoms in total. The van der Waals surface area contributed by atoms with Gasteiger partial charge >= 0.3 is 0 Å². The van der Waals surface area contributed by atoms with Crippen LogP contribution in [0.15, 0.2) is 35.3 Å². The molecule has 0 amide bonds. The SMILES string of the molecule is CCN1CCN(CC(C)CNC(=NC)NCC(C)c2ccccc2)CC1.I. The average molecular weight is 487 g/mol. The lowest BCUT2D eigenvalue weighted by atomic mass is 10.0. The van der Waals surface area contributed by atoms with Crippen LogP contribution in [0.5, 0.6) is 0 Å². The van der Waals surface area contributed by atoms with Crippen LogP contribution in [0.4, 0.5) is 0 Å². The zero-order valence-electron chi connectivity index (χ0n) is 17.4. The van der Waals surface area contributed by atoms with Crippen LogP contribution in [0, 0.1) is 5.92 Å². The van der Waals surface area contributed by atoms with Gasteiger partial charge in [-0.3, -0.25) is 4.99 Å². The average Bonchev–Trinajstić information content (AvgIpc) is 2.69. The molecule has 1 aliphatic rings. The maximum Gasteiger partial charge on any atom is 0.191 e. The van der Waals surface area contributed by atoms with Crippen LogP contribution in [-0.4, -0.2) is 75.2 Å². The van der Waals surface area contributed by atoms with E-state index in [-0.39, 0.29) is 24.0 Å². The standard InChI is InChI=1S/C21H37N5.HI/c1-5-25-11-13-26(14-12-25)17-18(2)15-23-21(22-4)24-16-19(3)20-9-7-6-8-10-20;/h6-10,18-19H,5,11-17H2,1-4H3,(H2,22,23,24);1H. The second-order valence-electron chi connectivity index (χ2n) is 7.49. The monoisotopic (exact) mass is 487 g/mol. The molecule has 6 heteroatoms. The Morgan fingerprint density at radius 3 is 2.19 bits per heavy atom. The molecule has 27 heavy (non-hydrogen) atoms. The van der Waals surface area contributed by atoms with E-state index in [1.54, 1.807) is 0 Å². The van der Waals surface area contributed by atoms with E-state index in [0.717, 1.165) is 25.6 Å². The van der Waals surface area contributed by atoms with Gasteiger partial charge in [0, 0.05) is 52.9 Å². The number of nitrogens with one attached hydrogen (secondary N) is 2. The molecule has 2 rings (SSSR count). The van der Waals surface area contributed by atoms with Gasteiger partial charge in [-0.15, -0.1) is 24.0 Å². The van der Waals surface area contributed by atoms with Crippen molar-refractivity contribution in [1.29, 1.82) is 0 Å². The van der Waals surface area contributed by atoms with Gasteiger partial charge in [0.15, 0.2) is 5.96 Å². The highest BCUT2D eigenvalue weighted by molar-refractivity contribution is 14.0. The number of likely N-dealkylation sites (N-methyl/N-ethyl adjacent to an activating group) is 1. The summed E-state index contributed by atoms with van der Waals surface area (Å²) in [5, 5.41) is 6.95. The fourth-order valence-corrected chi connectivity index (χ4v) is 3.43. The van der Waals surface area contributed by atoms with Crippen molar-refractivity contribution in [2.75, 3.05) is 59.4 Å². The van der Waals surface area contributed by atoms with Gasteiger partial charge in [-0.2, -0.15) is 0 Å². The lowest BCUT2D eigenvalue weighted by molar-refractivity contribution is 0.124. The van der Waals surface area contributed by atoms with Crippen LogP contribution in [0.2, 0.25) is 0 Å². The molecule has 0 bridgehead atoms. The number of rotatable bonds is 8. The zero-order valence-corrected chi connectivity index (χ0v) is 19.8. The number of piperazine rings is 1. The first-order valence-corrected chi connectivity index (χ1v) is 10.1. The molecule has 2 unspecified atom stereocenters. The molecule has 1 aromatic rings. The molecule has 2 atom stereocenters. The molecule has 0 saturated carbocycles. The minimum atomic E-state index is 0. The largest absolute Gasteiger partial charge is 0.356 e. The third kappa shape index (κ3) is 8.79. The Morgan fingerprint density at radius 1 is 1.00 bits per heavy atom. The summed E-state index contributed by atoms with van der Waals surface area (Å²) in [4.78, 5) is 9.48. The highest BCUT2D eigenvalue weighted by Gasteiger charge is 2.17. The molecule has 0 aromatic heterocycles. The van der Waals surface area contributed by atoms with Crippen LogP contribution in [0.3, 0.4) is 0 Å². The van der Waals surface area contributed by atoms with Crippen molar-refractivity contribution in [3.05, 3.63) is 35.9 Å². The van der Waals surface area contributed by atoms with Gasteiger partial charge in [0.05, 0.1) is 0 Å². The van der Waals surface area contributed by atoms with Gasteiger partial charge in [-0.25, -0.2) is 0 Å². The van der Waals surface area contributed by atoms with Crippen molar-refractivity contribution in [1.82, 2.24) is 20.4 Å². The Morgan fingerprint density at radius 2 is 1.59 bits per heavy atom. The van der Waals surface area contributed by atoms with E-state index in [1.807, 2.05) is 7.05 Å². The van der Waals surface area contributed by atoms with Crippen molar-refractivity contribution in [2.24, 2.45) is 10.9 Å². The number of hydrogen-bond donors (Lipinski definition) is 2. The second-order valence-corrected chi connectivity index (χ2v) is 7.49. The minimum absolute atomic E-state index is 0. The number of halogens is 1. The Labute approximate surface area is 183 Å². The quantitative estimate of drug-likeness (QED) is 0.336. The summed E-state index contributed by atoms with van der Waals surface area (Å²) in [5.74, 6) is 1.96. The lowest BCUT2D eigenvalue weighted by Gasteiger charge is -2.35. The Balaban J connectivity index is 0.00000364. The van der Waals surface area contributed by atoms with E-state index in [1.165, 1.54) is 38.3 Å². The lowest BCUT2D eigenvalue weighted by Crippen LogP contribution is -2.48. The topological polar surface area (TPSA) is 42.9 Å². The van der Waals surface area contributed by atoms with Crippen LogP contribution >= 0.6 is 24.0 Å². The molecule has 1 heterocycles. The first kappa shape index (κ1) is 24.2. The van der Waals surface area contributed by atoms with Gasteiger partial charge in [-0.1, -0.05) is 51.1 Å². The number of benzene rings is 1. The summed E-state index contributed by atoms with van der Waals surface area (Å²) in [6.07, 6.45) is 0. The van der Waals surface area contributed by atoms with Crippen LogP contribution in [-0.2, 0) is 0 Å². The highest BCUT2D eigenvalue weighted by atomic mass is 127. The van der Waals surface area contributed by atoms with E-state index in [4.69, 9.17) is 0 Å². The Bertz CT molecular complexity index is 529. The van der Waals surface area contributed by atoms with Crippen LogP contribution < -0.4 is 10.6 Å². The van der Waals surface area contributed by atoms with Gasteiger partial charge < -0.3 is 20.4 Å². The fourth-order valence-electron chi connectivity index (χ4n) is 3.43. The van der Waals surface area contributed by atoms with Gasteiger partial charge in [0.25, 0.3) is 0 Å². The van der Waals surface area contributed by atoms with Crippen molar-refractivity contribution in [3.63, 3.8) is 0 Å². The maximum absolute atomic E-state index is 4.37. The van der Waals surface area contributed by atoms with Crippen molar-refractivity contribution in [2.45, 2.75) is 26.7 Å². The summed E-state index contributed by atoms with van der Waals surface area (Å²) in [7, 11) is 1.84. The molecule has 0 aliphatic carbocycles. The Hall–Kier alpha value is -0.860. The molecular weight excluding hydrogens is 449 g/mol. The first-order valence-electron chi connectivity index (χ1n) is 10.1. The van der Waals surface area contributed by atoms with Gasteiger partial charge in [-0.05, 0) is 23.9 Å². The summed E-state index contributed by atoms with van der Waals surface area (Å²) < 4.78 is 0. The number of aliphatic imine (C=N–C) groups is 1. The molecule has 1 saturated heterocycles. The van der Waals surface area contributed by atoms with E-state index in [0.29, 0.717) is 11.8 Å². The summed E-state index contributed by atoms with van der Waals surface area (Å²) in [6.45, 7) is 15.8. The fraction of sp³-hybridized carbons (Fsp3) is 0.667. The molecule has 0 radical (unpaired) electrons. The highest BCUT2D eigenvalue weighted by Crippen LogP contribution is 2.12. The number of hydrogen-bond acceptors (Lipinski definition) is 3. The predicted molar refractivity (Wildman–Crippen MR) is 127 cm³/mol. The Kier molecular flexibility index (Phi) is 11.9. The number of nitrogens with zero attached hydrogens (tertiary/aromatic N) is 3. The second kappa shape index (κ2) is 13.3. The normalized spacial score (nSPS) is 18.4. The number of guanidine groups is 1. The summed E-state index contributed by atoms with van der Waals surface area (Å²) in [5.41, 5.74) is 1.36. The molecule has 1 aliphatic heterocycles. The first-order chi connectivity index (χ1) is 12.6. The van der Waals surface area contributed by atoms with Crippen LogP contribution in [0.25, 0.3) is 0 Å². The predicted octanol–water partition coefficient (Wildman–Crippen LogP) is 2.85. The van der Waals surface area contributed by atoms with Crippen molar-refractivity contribution >= 4 is 29.9 Å². The maximum atomic E-state index is 4.37. The molecule has 1 aromatic carbocycles. The molecule has 0 spiro atoms. The van der Waals surface area contributed by atoms with Crippen LogP contribution in [0.1, 0.15) is 32.3 Å². The molecular formula is C21H38IN5. The van der Waals surface area contributed by atoms with Gasteiger partial charge in [0.2, 0.25) is 0 Å². The van der Waals surface area contributed by atoms with E-state index < -0.39 is 0 Å². The van der Waals surface area contributed by atoms with E-state index >= 15 is 0 Å². The zero-order chi connectivity index (χ0) is 18.8. The third-order valence-corrected chi connectivity index (χ3v) is 5.27. The van der Waals surface area contributed by atoms with E-state index in [9.17, 15) is 0 Å². The molecule has 2 N–H and O–H groups in total. The smallest absolute Gasteiger partial charge is 0.191 e. The summed E-state index contributed by atoms with van der Waals surface area (Å²) in [6, 6.07) is 10.6. The molecule has 154 valence electrons. The van der Waals surface area contributed by atoms with Gasteiger partial charge in [0.1, 0.15) is 0 Å². The third-order valence-electron chi connectivity index (χ3n) is 5.27. The van der Waals surface area contributed by atoms with Crippen molar-refractivity contribution < 1.29 is 0 Å². The summed E-state index contributed by atoms with van der Waals surface area (Å²) >= 11 is 0.